The van der Waals surface area contributed by atoms with Gasteiger partial charge in [-0.1, -0.05) is 45.9 Å². The molecule has 0 atom stereocenters. The number of carbonyl (C=O) groups is 1. The van der Waals surface area contributed by atoms with E-state index in [9.17, 15) is 9.59 Å². The maximum absolute atomic E-state index is 13.9. The van der Waals surface area contributed by atoms with E-state index in [1.54, 1.807) is 25.6 Å². The Hall–Kier alpha value is -4.00. The fourth-order valence-corrected chi connectivity index (χ4v) is 4.47. The van der Waals surface area contributed by atoms with E-state index in [0.717, 1.165) is 22.1 Å². The lowest BCUT2D eigenvalue weighted by molar-refractivity contribution is 0.256. The predicted molar refractivity (Wildman–Crippen MR) is 137 cm³/mol. The van der Waals surface area contributed by atoms with E-state index in [-0.39, 0.29) is 23.1 Å². The van der Waals surface area contributed by atoms with Crippen molar-refractivity contribution in [2.24, 2.45) is 12.8 Å². The summed E-state index contributed by atoms with van der Waals surface area (Å²) < 4.78 is 1.47. The van der Waals surface area contributed by atoms with Gasteiger partial charge in [-0.2, -0.15) is 0 Å². The molecule has 34 heavy (non-hydrogen) atoms. The van der Waals surface area contributed by atoms with Crippen LogP contribution < -0.4 is 16.2 Å². The van der Waals surface area contributed by atoms with E-state index in [0.29, 0.717) is 16.9 Å². The van der Waals surface area contributed by atoms with Gasteiger partial charge in [0.2, 0.25) is 0 Å². The highest BCUT2D eigenvalue weighted by atomic mass is 16.2. The zero-order valence-corrected chi connectivity index (χ0v) is 20.1. The molecule has 4 aromatic rings. The molecule has 0 bridgehead atoms. The quantitative estimate of drug-likeness (QED) is 0.432. The third-order valence-corrected chi connectivity index (χ3v) is 6.10. The summed E-state index contributed by atoms with van der Waals surface area (Å²) in [4.78, 5) is 37.1. The summed E-state index contributed by atoms with van der Waals surface area (Å²) >= 11 is 0. The highest BCUT2D eigenvalue weighted by Gasteiger charge is 2.30. The van der Waals surface area contributed by atoms with Crippen molar-refractivity contribution in [3.05, 3.63) is 82.5 Å². The Morgan fingerprint density at radius 1 is 0.912 bits per heavy atom. The van der Waals surface area contributed by atoms with Crippen molar-refractivity contribution in [2.75, 3.05) is 4.90 Å². The molecule has 7 nitrogen and oxygen atoms in total. The van der Waals surface area contributed by atoms with Crippen LogP contribution in [0.3, 0.4) is 0 Å². The normalized spacial score (nSPS) is 11.4. The van der Waals surface area contributed by atoms with E-state index in [4.69, 9.17) is 5.73 Å². The minimum atomic E-state index is -0.717. The molecule has 3 aromatic heterocycles. The van der Waals surface area contributed by atoms with Gasteiger partial charge in [-0.3, -0.25) is 19.2 Å². The van der Waals surface area contributed by atoms with E-state index in [1.165, 1.54) is 9.47 Å². The molecule has 2 N–H and O–H groups in total. The van der Waals surface area contributed by atoms with Gasteiger partial charge in [0.05, 0.1) is 5.69 Å². The monoisotopic (exact) mass is 455 g/mol. The molecule has 0 spiro atoms. The molecule has 2 amide bonds. The zero-order chi connectivity index (χ0) is 24.6. The largest absolute Gasteiger partial charge is 0.351 e. The summed E-state index contributed by atoms with van der Waals surface area (Å²) in [6.07, 6.45) is 4.97. The number of nitrogens with two attached hydrogens (primary N) is 1. The fourth-order valence-electron chi connectivity index (χ4n) is 4.47. The van der Waals surface area contributed by atoms with Crippen LogP contribution in [-0.4, -0.2) is 20.6 Å². The Morgan fingerprint density at radius 2 is 1.53 bits per heavy atom. The van der Waals surface area contributed by atoms with Crippen LogP contribution in [0.25, 0.3) is 22.2 Å². The van der Waals surface area contributed by atoms with Gasteiger partial charge >= 0.3 is 6.03 Å². The van der Waals surface area contributed by atoms with Crippen molar-refractivity contribution in [1.29, 1.82) is 0 Å². The van der Waals surface area contributed by atoms with Crippen molar-refractivity contribution in [3.8, 4) is 11.1 Å². The number of aryl methyl sites for hydroxylation is 1. The molecule has 0 saturated carbocycles. The molecule has 174 valence electrons. The number of amides is 2. The van der Waals surface area contributed by atoms with Crippen LogP contribution in [0.15, 0.2) is 65.8 Å². The molecule has 1 aromatic carbocycles. The highest BCUT2D eigenvalue weighted by Crippen LogP contribution is 2.42. The first-order valence-corrected chi connectivity index (χ1v) is 11.3. The number of pyridine rings is 3. The van der Waals surface area contributed by atoms with Crippen LogP contribution in [0.5, 0.6) is 0 Å². The standard InChI is InChI=1S/C27H29N5O2/c1-16(2)19-8-6-9-20(17(3)4)23(19)32(27(28)34)24-22(18-11-14-29-15-12-18)21-10-7-13-30-25(21)31(5)26(24)33/h6-17H,1-5H3,(H2,28,34). The summed E-state index contributed by atoms with van der Waals surface area (Å²) in [5, 5.41) is 0.741. The number of aromatic nitrogens is 3. The van der Waals surface area contributed by atoms with Gasteiger partial charge in [-0.05, 0) is 52.8 Å². The van der Waals surface area contributed by atoms with Crippen LogP contribution >= 0.6 is 0 Å². The average molecular weight is 456 g/mol. The van der Waals surface area contributed by atoms with Crippen molar-refractivity contribution < 1.29 is 4.79 Å². The van der Waals surface area contributed by atoms with Gasteiger partial charge in [-0.25, -0.2) is 9.78 Å². The predicted octanol–water partition coefficient (Wildman–Crippen LogP) is 5.46. The number of primary amides is 1. The number of rotatable bonds is 5. The summed E-state index contributed by atoms with van der Waals surface area (Å²) in [6, 6.07) is 12.6. The highest BCUT2D eigenvalue weighted by molar-refractivity contribution is 6.09. The second kappa shape index (κ2) is 9.09. The summed E-state index contributed by atoms with van der Waals surface area (Å²) in [5.74, 6) is 0.205. The number of benzene rings is 1. The van der Waals surface area contributed by atoms with E-state index < -0.39 is 6.03 Å². The van der Waals surface area contributed by atoms with Gasteiger partial charge in [0.15, 0.2) is 0 Å². The minimum absolute atomic E-state index is 0.103. The SMILES string of the molecule is CC(C)c1cccc(C(C)C)c1N(C(N)=O)c1c(-c2ccncc2)c2cccnc2n(C)c1=O. The Bertz CT molecular complexity index is 1400. The second-order valence-corrected chi connectivity index (χ2v) is 8.97. The van der Waals surface area contributed by atoms with E-state index in [2.05, 4.69) is 37.7 Å². The van der Waals surface area contributed by atoms with Crippen molar-refractivity contribution in [3.63, 3.8) is 0 Å². The molecular formula is C27H29N5O2. The lowest BCUT2D eigenvalue weighted by atomic mass is 9.91. The second-order valence-electron chi connectivity index (χ2n) is 8.97. The molecule has 0 aliphatic rings. The van der Waals surface area contributed by atoms with Crippen molar-refractivity contribution >= 4 is 28.4 Å². The third-order valence-electron chi connectivity index (χ3n) is 6.10. The van der Waals surface area contributed by atoms with Crippen LogP contribution in [0.1, 0.15) is 50.7 Å². The molecule has 0 fully saturated rings. The lowest BCUT2D eigenvalue weighted by Gasteiger charge is -2.30. The molecule has 0 unspecified atom stereocenters. The summed E-state index contributed by atoms with van der Waals surface area (Å²) in [7, 11) is 1.66. The molecule has 4 rings (SSSR count). The number of hydrogen-bond donors (Lipinski definition) is 1. The van der Waals surface area contributed by atoms with E-state index >= 15 is 0 Å². The Morgan fingerprint density at radius 3 is 2.09 bits per heavy atom. The fraction of sp³-hybridized carbons (Fsp3) is 0.259. The maximum Gasteiger partial charge on any atom is 0.324 e. The number of anilines is 2. The topological polar surface area (TPSA) is 94.1 Å². The minimum Gasteiger partial charge on any atom is -0.351 e. The first-order valence-electron chi connectivity index (χ1n) is 11.3. The summed E-state index contributed by atoms with van der Waals surface area (Å²) in [5.41, 5.74) is 10.3. The van der Waals surface area contributed by atoms with Gasteiger partial charge < -0.3 is 5.73 Å². The molecular weight excluding hydrogens is 426 g/mol. The van der Waals surface area contributed by atoms with E-state index in [1.807, 2.05) is 42.5 Å². The number of hydrogen-bond acceptors (Lipinski definition) is 4. The van der Waals surface area contributed by atoms with Gasteiger partial charge in [0, 0.05) is 36.6 Å². The molecule has 0 aliphatic heterocycles. The Balaban J connectivity index is 2.22. The van der Waals surface area contributed by atoms with Crippen LogP contribution in [0.2, 0.25) is 0 Å². The molecule has 0 saturated heterocycles. The molecule has 7 heteroatoms. The average Bonchev–Trinajstić information content (AvgIpc) is 2.82. The van der Waals surface area contributed by atoms with Gasteiger partial charge in [-0.15, -0.1) is 0 Å². The maximum atomic E-state index is 13.9. The molecule has 0 aliphatic carbocycles. The Labute approximate surface area is 198 Å². The smallest absolute Gasteiger partial charge is 0.324 e. The van der Waals surface area contributed by atoms with Crippen molar-refractivity contribution in [2.45, 2.75) is 39.5 Å². The first kappa shape index (κ1) is 23.2. The molecule has 3 heterocycles. The summed E-state index contributed by atoms with van der Waals surface area (Å²) in [6.45, 7) is 8.26. The third kappa shape index (κ3) is 3.83. The van der Waals surface area contributed by atoms with Crippen LogP contribution in [0, 0.1) is 0 Å². The van der Waals surface area contributed by atoms with Crippen LogP contribution in [0.4, 0.5) is 16.2 Å². The van der Waals surface area contributed by atoms with Gasteiger partial charge in [0.25, 0.3) is 5.56 Å². The first-order chi connectivity index (χ1) is 16.2. The number of urea groups is 1. The molecule has 0 radical (unpaired) electrons. The van der Waals surface area contributed by atoms with Crippen LogP contribution in [-0.2, 0) is 7.05 Å². The lowest BCUT2D eigenvalue weighted by Crippen LogP contribution is -2.38. The number of para-hydroxylation sites is 1. The number of nitrogens with zero attached hydrogens (tertiary/aromatic N) is 4. The number of fused-ring (bicyclic) bond motifs is 1. The zero-order valence-electron chi connectivity index (χ0n) is 20.1. The Kier molecular flexibility index (Phi) is 6.20. The van der Waals surface area contributed by atoms with Gasteiger partial charge in [0.1, 0.15) is 11.3 Å². The van der Waals surface area contributed by atoms with Crippen molar-refractivity contribution in [1.82, 2.24) is 14.5 Å². The number of carbonyl (C=O) groups excluding carboxylic acids is 1.